The van der Waals surface area contributed by atoms with Gasteiger partial charge in [0.2, 0.25) is 0 Å². The van der Waals surface area contributed by atoms with E-state index in [1.807, 2.05) is 79.9 Å². The van der Waals surface area contributed by atoms with E-state index in [1.54, 1.807) is 48.5 Å². The summed E-state index contributed by atoms with van der Waals surface area (Å²) in [6.45, 7) is 1.92. The second-order valence-corrected chi connectivity index (χ2v) is 14.8. The molecule has 0 unspecified atom stereocenters. The first kappa shape index (κ1) is 31.1. The molecule has 9 aromatic rings. The van der Waals surface area contributed by atoms with Crippen LogP contribution < -0.4 is 4.74 Å². The summed E-state index contributed by atoms with van der Waals surface area (Å²) in [5, 5.41) is 12.3. The van der Waals surface area contributed by atoms with E-state index in [2.05, 4.69) is 49.1 Å². The van der Waals surface area contributed by atoms with Crippen molar-refractivity contribution < 1.29 is 13.2 Å². The van der Waals surface area contributed by atoms with Crippen molar-refractivity contribution in [3.63, 3.8) is 0 Å². The van der Waals surface area contributed by atoms with E-state index in [-0.39, 0.29) is 4.90 Å². The summed E-state index contributed by atoms with van der Waals surface area (Å²) >= 11 is 2.03. The van der Waals surface area contributed by atoms with Gasteiger partial charge in [0, 0.05) is 83.9 Å². The summed E-state index contributed by atoms with van der Waals surface area (Å²) in [6.07, 6.45) is 9.30. The highest BCUT2D eigenvalue weighted by Gasteiger charge is 2.24. The van der Waals surface area contributed by atoms with Gasteiger partial charge in [-0.15, -0.1) is 0 Å². The molecule has 0 fully saturated rings. The number of aryl methyl sites for hydroxylation is 4. The molecule has 0 aliphatic rings. The van der Waals surface area contributed by atoms with Crippen molar-refractivity contribution in [2.45, 2.75) is 11.8 Å². The van der Waals surface area contributed by atoms with Gasteiger partial charge in [-0.25, -0.2) is 27.3 Å². The first-order valence-electron chi connectivity index (χ1n) is 15.3. The largest absolute Gasteiger partial charge is 0.497 e. The van der Waals surface area contributed by atoms with Crippen LogP contribution in [0.5, 0.6) is 5.75 Å². The number of benzene rings is 2. The predicted molar refractivity (Wildman–Crippen MR) is 199 cm³/mol. The molecule has 7 aromatic heterocycles. The summed E-state index contributed by atoms with van der Waals surface area (Å²) in [4.78, 5) is 13.9. The van der Waals surface area contributed by atoms with E-state index >= 15 is 0 Å². The first-order chi connectivity index (χ1) is 23.5. The quantitative estimate of drug-likeness (QED) is 0.197. The number of nitrogens with one attached hydrogen (secondary N) is 1. The summed E-state index contributed by atoms with van der Waals surface area (Å²) < 4.78 is 39.3. The molecule has 14 heteroatoms. The summed E-state index contributed by atoms with van der Waals surface area (Å²) in [7, 11) is 3.84. The number of pyridine rings is 2. The zero-order chi connectivity index (χ0) is 34.2. The van der Waals surface area contributed by atoms with Crippen LogP contribution in [-0.4, -0.2) is 58.6 Å². The number of aromatic nitrogens is 9. The summed E-state index contributed by atoms with van der Waals surface area (Å²) in [5.41, 5.74) is 7.32. The Balaban J connectivity index is 0.000000142. The molecule has 9 rings (SSSR count). The smallest absolute Gasteiger partial charge is 0.270 e. The van der Waals surface area contributed by atoms with Crippen molar-refractivity contribution >= 4 is 87.4 Å². The highest BCUT2D eigenvalue weighted by atomic mass is 127. The molecule has 7 heterocycles. The molecule has 0 aliphatic carbocycles. The van der Waals surface area contributed by atoms with Gasteiger partial charge in [0.15, 0.2) is 11.3 Å². The average Bonchev–Trinajstić information content (AvgIpc) is 3.91. The minimum Gasteiger partial charge on any atom is -0.497 e. The van der Waals surface area contributed by atoms with Crippen LogP contribution in [0.3, 0.4) is 0 Å². The van der Waals surface area contributed by atoms with E-state index in [1.165, 1.54) is 3.97 Å². The molecule has 12 nitrogen and oxygen atoms in total. The van der Waals surface area contributed by atoms with Gasteiger partial charge in [-0.3, -0.25) is 9.36 Å². The number of hydrogen-bond acceptors (Lipinski definition) is 7. The summed E-state index contributed by atoms with van der Waals surface area (Å²) in [5.74, 6) is 0.841. The molecule has 0 amide bonds. The Bertz CT molecular complexity index is 2840. The number of nitrogens with zero attached hydrogens (tertiary/aromatic N) is 8. The Morgan fingerprint density at radius 1 is 0.857 bits per heavy atom. The highest BCUT2D eigenvalue weighted by Crippen LogP contribution is 2.35. The molecule has 0 spiro atoms. The molecular weight excluding hydrogens is 753 g/mol. The second-order valence-electron chi connectivity index (χ2n) is 11.9. The van der Waals surface area contributed by atoms with Crippen molar-refractivity contribution in [2.75, 3.05) is 7.11 Å². The van der Waals surface area contributed by atoms with Crippen LogP contribution >= 0.6 is 22.6 Å². The van der Waals surface area contributed by atoms with Crippen LogP contribution in [0.2, 0.25) is 0 Å². The lowest BCUT2D eigenvalue weighted by Gasteiger charge is -2.09. The standard InChI is InChI=1S/C19H17N5O.C16H13IN4O2S/c1-23-10-15(13-6-12(25-3)4-5-17(13)23)16-7-14-18-11(9-21-24(18)2)8-20-19(14)22-16;1-10-3-5-12(6-4-10)24(22,23)21-14(17)7-13-15-11(8-18-16(13)21)9-19-20(15)2/h4-10,21H,1-3H3;3-9H,1-2H3. The van der Waals surface area contributed by atoms with Crippen LogP contribution in [0.1, 0.15) is 5.56 Å². The number of methoxy groups -OCH3 is 1. The Kier molecular flexibility index (Phi) is 7.26. The van der Waals surface area contributed by atoms with Crippen molar-refractivity contribution in [3.8, 4) is 17.0 Å². The minimum atomic E-state index is -3.72. The molecule has 0 saturated heterocycles. The second kappa shape index (κ2) is 11.4. The Morgan fingerprint density at radius 2 is 1.63 bits per heavy atom. The number of fused-ring (bicyclic) bond motifs is 7. The molecule has 246 valence electrons. The fourth-order valence-electron chi connectivity index (χ4n) is 6.38. The van der Waals surface area contributed by atoms with Gasteiger partial charge < -0.3 is 14.4 Å². The molecule has 2 aromatic carbocycles. The zero-order valence-corrected chi connectivity index (χ0v) is 30.1. The van der Waals surface area contributed by atoms with Crippen LogP contribution in [0, 0.1) is 10.6 Å². The fourth-order valence-corrected chi connectivity index (χ4v) is 9.05. The minimum absolute atomic E-state index is 0.246. The highest BCUT2D eigenvalue weighted by molar-refractivity contribution is 14.1. The van der Waals surface area contributed by atoms with Crippen LogP contribution in [-0.2, 0) is 31.2 Å². The van der Waals surface area contributed by atoms with Crippen molar-refractivity contribution in [1.29, 1.82) is 0 Å². The normalized spacial score (nSPS) is 12.0. The average molecular weight is 784 g/mol. The van der Waals surface area contributed by atoms with E-state index in [4.69, 9.17) is 9.72 Å². The number of ether oxygens (including phenoxy) is 1. The van der Waals surface area contributed by atoms with Crippen molar-refractivity contribution in [2.24, 2.45) is 21.1 Å². The van der Waals surface area contributed by atoms with Gasteiger partial charge in [0.1, 0.15) is 5.75 Å². The number of H-pyrrole nitrogens is 1. The number of hydrogen-bond donors (Lipinski definition) is 1. The van der Waals surface area contributed by atoms with Gasteiger partial charge in [-0.2, -0.15) is 5.10 Å². The fraction of sp³-hybridized carbons (Fsp3) is 0.143. The van der Waals surface area contributed by atoms with Crippen LogP contribution in [0.25, 0.3) is 66.0 Å². The van der Waals surface area contributed by atoms with E-state index < -0.39 is 10.0 Å². The zero-order valence-electron chi connectivity index (χ0n) is 27.2. The number of aromatic amines is 1. The Labute approximate surface area is 294 Å². The maximum absolute atomic E-state index is 13.1. The molecule has 49 heavy (non-hydrogen) atoms. The third kappa shape index (κ3) is 4.96. The molecule has 0 radical (unpaired) electrons. The van der Waals surface area contributed by atoms with Crippen molar-refractivity contribution in [1.82, 2.24) is 43.1 Å². The third-order valence-corrected chi connectivity index (χ3v) is 11.7. The third-order valence-electron chi connectivity index (χ3n) is 8.82. The summed E-state index contributed by atoms with van der Waals surface area (Å²) in [6, 6.07) is 16.9. The maximum atomic E-state index is 13.1. The van der Waals surface area contributed by atoms with Gasteiger partial charge >= 0.3 is 0 Å². The van der Waals surface area contributed by atoms with E-state index in [0.717, 1.165) is 71.7 Å². The van der Waals surface area contributed by atoms with Crippen LogP contribution in [0.15, 0.2) is 90.5 Å². The van der Waals surface area contributed by atoms with Gasteiger partial charge in [-0.05, 0) is 72.0 Å². The first-order valence-corrected chi connectivity index (χ1v) is 17.8. The molecular formula is C35H30IN9O3S. The topological polar surface area (TPSA) is 130 Å². The monoisotopic (exact) mass is 783 g/mol. The molecule has 0 atom stereocenters. The van der Waals surface area contributed by atoms with Crippen LogP contribution in [0.4, 0.5) is 0 Å². The number of rotatable bonds is 4. The van der Waals surface area contributed by atoms with Gasteiger partial charge in [0.05, 0.1) is 38.6 Å². The van der Waals surface area contributed by atoms with Gasteiger partial charge in [-0.1, -0.05) is 17.7 Å². The Hall–Kier alpha value is -5.22. The predicted octanol–water partition coefficient (Wildman–Crippen LogP) is 6.69. The van der Waals surface area contributed by atoms with E-state index in [9.17, 15) is 8.42 Å². The van der Waals surface area contributed by atoms with Crippen molar-refractivity contribution in [3.05, 3.63) is 94.8 Å². The molecule has 0 aliphatic heterocycles. The maximum Gasteiger partial charge on any atom is 0.270 e. The number of halogens is 1. The lowest BCUT2D eigenvalue weighted by molar-refractivity contribution is 0.415. The lowest BCUT2D eigenvalue weighted by atomic mass is 10.1. The SMILES string of the molecule is COc1ccc2c(c1)c(-c1cc3c(ncc4c[nH]n(C)c43)n1)cn2C.Cc1ccc(S(=O)(=O)n2c(I)cc3c4c(cnc32)cnn4C)cc1. The lowest BCUT2D eigenvalue weighted by Crippen LogP contribution is -2.15. The molecule has 0 saturated carbocycles. The molecule has 0 bridgehead atoms. The van der Waals surface area contributed by atoms with E-state index in [0.29, 0.717) is 9.35 Å². The van der Waals surface area contributed by atoms with Gasteiger partial charge in [0.25, 0.3) is 10.0 Å². The molecule has 1 N–H and O–H groups in total. The Morgan fingerprint density at radius 3 is 2.41 bits per heavy atom.